The Hall–Kier alpha value is 1.02. The van der Waals surface area contributed by atoms with Crippen molar-refractivity contribution in [2.75, 3.05) is 0 Å². The van der Waals surface area contributed by atoms with Gasteiger partial charge in [0.2, 0.25) is 0 Å². The van der Waals surface area contributed by atoms with Crippen LogP contribution in [0.1, 0.15) is 20.8 Å². The van der Waals surface area contributed by atoms with E-state index in [9.17, 15) is 0 Å². The summed E-state index contributed by atoms with van der Waals surface area (Å²) in [6, 6.07) is 0. The zero-order valence-corrected chi connectivity index (χ0v) is 13.0. The first-order valence-electron chi connectivity index (χ1n) is 4.93. The van der Waals surface area contributed by atoms with Gasteiger partial charge in [0.1, 0.15) is 0 Å². The molecule has 0 amide bonds. The topological polar surface area (TPSA) is 0 Å². The van der Waals surface area contributed by atoms with Gasteiger partial charge >= 0.3 is 76.9 Å². The second kappa shape index (κ2) is 4.31. The second-order valence-corrected chi connectivity index (χ2v) is 42.4. The molecule has 0 rings (SSSR count). The molecule has 0 aliphatic heterocycles. The van der Waals surface area contributed by atoms with Gasteiger partial charge in [0.25, 0.3) is 0 Å². The van der Waals surface area contributed by atoms with Crippen LogP contribution in [0.3, 0.4) is 0 Å². The number of hydrogen-bond donors (Lipinski definition) is 0. The summed E-state index contributed by atoms with van der Waals surface area (Å²) < 4.78 is 4.74. The van der Waals surface area contributed by atoms with Crippen LogP contribution < -0.4 is 0 Å². The quantitative estimate of drug-likeness (QED) is 0.684. The monoisotopic (exact) mass is 280 g/mol. The SMILES string of the molecule is C[CH2][Sn]([CH2]C)([CH2]C)[Si](C)(C)C. The summed E-state index contributed by atoms with van der Waals surface area (Å²) in [5, 5.41) is 0. The molecule has 0 spiro atoms. The van der Waals surface area contributed by atoms with E-state index in [1.807, 2.05) is 0 Å². The first-order valence-corrected chi connectivity index (χ1v) is 18.8. The fourth-order valence-corrected chi connectivity index (χ4v) is 37.0. The molecule has 2 heteroatoms. The van der Waals surface area contributed by atoms with Crippen LogP contribution in [0, 0.1) is 0 Å². The van der Waals surface area contributed by atoms with Crippen molar-refractivity contribution in [2.24, 2.45) is 0 Å². The second-order valence-electron chi connectivity index (χ2n) is 4.59. The van der Waals surface area contributed by atoms with Crippen molar-refractivity contribution >= 4 is 23.2 Å². The van der Waals surface area contributed by atoms with Crippen molar-refractivity contribution in [3.63, 3.8) is 0 Å². The van der Waals surface area contributed by atoms with Crippen molar-refractivity contribution in [3.8, 4) is 0 Å². The average Bonchev–Trinajstić information content (AvgIpc) is 1.90. The molecule has 0 N–H and O–H groups in total. The molecule has 0 aromatic carbocycles. The fraction of sp³-hybridized carbons (Fsp3) is 1.00. The summed E-state index contributed by atoms with van der Waals surface area (Å²) in [6.07, 6.45) is 0. The maximum absolute atomic E-state index is 2.60. The fourth-order valence-electron chi connectivity index (χ4n) is 2.34. The van der Waals surface area contributed by atoms with Crippen molar-refractivity contribution in [1.29, 1.82) is 0 Å². The molecule has 11 heavy (non-hydrogen) atoms. The van der Waals surface area contributed by atoms with E-state index in [1.165, 1.54) is 0 Å². The predicted molar refractivity (Wildman–Crippen MR) is 60.5 cm³/mol. The van der Waals surface area contributed by atoms with Crippen LogP contribution in [0.5, 0.6) is 0 Å². The Labute approximate surface area is 76.7 Å². The van der Waals surface area contributed by atoms with Crippen LogP contribution in [0.2, 0.25) is 33.0 Å². The van der Waals surface area contributed by atoms with Crippen LogP contribution in [0.4, 0.5) is 0 Å². The Balaban J connectivity index is 4.54. The first kappa shape index (κ1) is 12.0. The van der Waals surface area contributed by atoms with Crippen LogP contribution >= 0.6 is 0 Å². The third-order valence-electron chi connectivity index (χ3n) is 3.62. The number of hydrogen-bond acceptors (Lipinski definition) is 0. The summed E-state index contributed by atoms with van der Waals surface area (Å²) in [5.74, 6) is 0. The van der Waals surface area contributed by atoms with Gasteiger partial charge in [0, 0.05) is 0 Å². The van der Waals surface area contributed by atoms with Crippen LogP contribution in [0.15, 0.2) is 0 Å². The molecule has 0 unspecified atom stereocenters. The molecule has 0 atom stereocenters. The van der Waals surface area contributed by atoms with Gasteiger partial charge in [-0.25, -0.2) is 0 Å². The Morgan fingerprint density at radius 1 is 0.818 bits per heavy atom. The summed E-state index contributed by atoms with van der Waals surface area (Å²) in [7, 11) is 0. The molecule has 0 aromatic heterocycles. The van der Waals surface area contributed by atoms with Crippen molar-refractivity contribution in [2.45, 2.75) is 53.7 Å². The number of rotatable bonds is 4. The molecule has 0 bridgehead atoms. The van der Waals surface area contributed by atoms with Crippen LogP contribution in [-0.2, 0) is 0 Å². The van der Waals surface area contributed by atoms with E-state index in [-0.39, 0.29) is 0 Å². The molecule has 0 saturated heterocycles. The standard InChI is InChI=1S/C3H9Si.3C2H5.Sn/c1-4(2)3;3*1-2;/h1-3H3;3*1H2,2H3;. The summed E-state index contributed by atoms with van der Waals surface area (Å²) >= 11 is -1.54. The minimum absolute atomic E-state index is 0.727. The van der Waals surface area contributed by atoms with Gasteiger partial charge in [-0.2, -0.15) is 0 Å². The zero-order chi connectivity index (χ0) is 9.12. The van der Waals surface area contributed by atoms with Crippen molar-refractivity contribution in [1.82, 2.24) is 0 Å². The third-order valence-corrected chi connectivity index (χ3v) is 52.8. The zero-order valence-electron chi connectivity index (χ0n) is 9.12. The Morgan fingerprint density at radius 3 is 1.09 bits per heavy atom. The normalized spacial score (nSPS) is 13.6. The molecule has 0 aliphatic carbocycles. The molecular formula is C9H24SiSn. The molecule has 0 nitrogen and oxygen atoms in total. The molecule has 0 aliphatic rings. The van der Waals surface area contributed by atoms with Gasteiger partial charge in [-0.05, 0) is 0 Å². The predicted octanol–water partition coefficient (Wildman–Crippen LogP) is 3.91. The van der Waals surface area contributed by atoms with Crippen molar-refractivity contribution < 1.29 is 0 Å². The molecule has 68 valence electrons. The minimum atomic E-state index is -1.54. The van der Waals surface area contributed by atoms with E-state index in [2.05, 4.69) is 40.4 Å². The Bertz CT molecular complexity index is 103. The van der Waals surface area contributed by atoms with Gasteiger partial charge in [-0.15, -0.1) is 0 Å². The first-order chi connectivity index (χ1) is 4.93. The summed E-state index contributed by atoms with van der Waals surface area (Å²) in [5.41, 5.74) is -0.727. The van der Waals surface area contributed by atoms with E-state index in [1.54, 1.807) is 13.3 Å². The molecule has 0 aromatic rings. The average molecular weight is 279 g/mol. The molecular weight excluding hydrogens is 255 g/mol. The van der Waals surface area contributed by atoms with E-state index in [0.717, 1.165) is 0 Å². The molecule has 0 radical (unpaired) electrons. The van der Waals surface area contributed by atoms with Gasteiger partial charge in [0.05, 0.1) is 0 Å². The van der Waals surface area contributed by atoms with E-state index in [0.29, 0.717) is 0 Å². The van der Waals surface area contributed by atoms with Crippen LogP contribution in [-0.4, -0.2) is 23.2 Å². The molecule has 0 saturated carbocycles. The van der Waals surface area contributed by atoms with Gasteiger partial charge in [0.15, 0.2) is 0 Å². The molecule has 0 fully saturated rings. The van der Waals surface area contributed by atoms with Gasteiger partial charge in [-0.3, -0.25) is 0 Å². The molecule has 0 heterocycles. The van der Waals surface area contributed by atoms with E-state index >= 15 is 0 Å². The van der Waals surface area contributed by atoms with Crippen LogP contribution in [0.25, 0.3) is 0 Å². The van der Waals surface area contributed by atoms with E-state index < -0.39 is 23.2 Å². The van der Waals surface area contributed by atoms with Crippen molar-refractivity contribution in [3.05, 3.63) is 0 Å². The van der Waals surface area contributed by atoms with Gasteiger partial charge in [-0.1, -0.05) is 0 Å². The summed E-state index contributed by atoms with van der Waals surface area (Å²) in [6.45, 7) is 15.1. The third kappa shape index (κ3) is 2.48. The summed E-state index contributed by atoms with van der Waals surface area (Å²) in [4.78, 5) is 0. The maximum atomic E-state index is 2.60. The van der Waals surface area contributed by atoms with E-state index in [4.69, 9.17) is 0 Å². The Kier molecular flexibility index (Phi) is 4.71. The Morgan fingerprint density at radius 2 is 1.09 bits per heavy atom. The van der Waals surface area contributed by atoms with Gasteiger partial charge < -0.3 is 0 Å².